The molecule has 1 atom stereocenters. The van der Waals surface area contributed by atoms with E-state index in [9.17, 15) is 24.6 Å². The van der Waals surface area contributed by atoms with Crippen LogP contribution in [-0.4, -0.2) is 32.5 Å². The molecule has 6 nitrogen and oxygen atoms in total. The van der Waals surface area contributed by atoms with E-state index in [1.807, 2.05) is 0 Å². The molecule has 1 unspecified atom stereocenters. The largest absolute Gasteiger partial charge is 0.480 e. The maximum Gasteiger partial charge on any atom is 0.320 e. The summed E-state index contributed by atoms with van der Waals surface area (Å²) in [5, 5.41) is 18.7. The number of rotatable bonds is 7. The Balaban J connectivity index is 2.48. The number of ketones is 1. The Morgan fingerprint density at radius 3 is 2.15 bits per heavy atom. The van der Waals surface area contributed by atoms with Crippen LogP contribution >= 0.6 is 31.9 Å². The second-order valence-corrected chi connectivity index (χ2v) is 7.83. The number of halogens is 2. The minimum absolute atomic E-state index is 0.188. The van der Waals surface area contributed by atoms with Gasteiger partial charge in [0.2, 0.25) is 5.78 Å². The molecule has 0 aliphatic rings. The van der Waals surface area contributed by atoms with Crippen LogP contribution in [0.25, 0.3) is 0 Å². The Morgan fingerprint density at radius 2 is 1.65 bits per heavy atom. The molecule has 0 saturated heterocycles. The average molecular weight is 487 g/mol. The summed E-state index contributed by atoms with van der Waals surface area (Å²) in [6.07, 6.45) is -0.188. The number of hydrogen-bond acceptors (Lipinski definition) is 3. The van der Waals surface area contributed by atoms with E-state index < -0.39 is 23.4 Å². The number of hydrogen-bond donors (Lipinski definition) is 2. The summed E-state index contributed by atoms with van der Waals surface area (Å²) in [5.74, 6) is -3.08. The predicted molar refractivity (Wildman–Crippen MR) is 102 cm³/mol. The molecule has 0 radical (unpaired) electrons. The lowest BCUT2D eigenvalue weighted by Crippen LogP contribution is -2.38. The van der Waals surface area contributed by atoms with Gasteiger partial charge in [0, 0.05) is 11.6 Å². The summed E-state index contributed by atoms with van der Waals surface area (Å²) in [6.45, 7) is 2.85. The summed E-state index contributed by atoms with van der Waals surface area (Å²) < 4.78 is 2.78. The van der Waals surface area contributed by atoms with Crippen molar-refractivity contribution in [1.82, 2.24) is 4.57 Å². The summed E-state index contributed by atoms with van der Waals surface area (Å²) in [5.41, 5.74) is -1.15. The Labute approximate surface area is 167 Å². The molecule has 0 aliphatic heterocycles. The third kappa shape index (κ3) is 3.76. The lowest BCUT2D eigenvalue weighted by Gasteiger charge is -2.26. The highest BCUT2D eigenvalue weighted by molar-refractivity contribution is 9.13. The van der Waals surface area contributed by atoms with E-state index in [2.05, 4.69) is 31.9 Å². The van der Waals surface area contributed by atoms with E-state index in [1.54, 1.807) is 47.9 Å². The lowest BCUT2D eigenvalue weighted by atomic mass is 9.84. The molecule has 138 valence electrons. The fraction of sp³-hybridized carbons (Fsp3) is 0.278. The summed E-state index contributed by atoms with van der Waals surface area (Å²) in [4.78, 5) is 35.8. The maximum absolute atomic E-state index is 12.9. The van der Waals surface area contributed by atoms with Crippen LogP contribution in [-0.2, 0) is 9.59 Å². The number of nitrogens with zero attached hydrogens (tertiary/aromatic N) is 1. The average Bonchev–Trinajstić information content (AvgIpc) is 2.89. The van der Waals surface area contributed by atoms with Crippen LogP contribution in [0.4, 0.5) is 0 Å². The molecule has 26 heavy (non-hydrogen) atoms. The fourth-order valence-corrected chi connectivity index (χ4v) is 3.82. The highest BCUT2D eigenvalue weighted by Crippen LogP contribution is 2.37. The van der Waals surface area contributed by atoms with Gasteiger partial charge in [-0.25, -0.2) is 0 Å². The predicted octanol–water partition coefficient (Wildman–Crippen LogP) is 4.37. The number of carbonyl (C=O) groups excluding carboxylic acids is 1. The molecule has 0 fully saturated rings. The van der Waals surface area contributed by atoms with Gasteiger partial charge in [0.15, 0.2) is 5.41 Å². The molecule has 1 aromatic heterocycles. The standard InChI is InChI=1S/C18H17Br2NO5/c1-10(9-18(2,16(23)24)17(25)26)21-13(8-12(19)15(21)20)14(22)11-6-4-3-5-7-11/h3-8,10H,9H2,1-2H3,(H,23,24)(H,25,26). The fourth-order valence-electron chi connectivity index (χ4n) is 2.76. The number of aliphatic carboxylic acids is 2. The molecule has 2 N–H and O–H groups in total. The van der Waals surface area contributed by atoms with Crippen LogP contribution in [0.1, 0.15) is 42.4 Å². The Hall–Kier alpha value is -1.93. The molecular weight excluding hydrogens is 470 g/mol. The Morgan fingerprint density at radius 1 is 1.12 bits per heavy atom. The quantitative estimate of drug-likeness (QED) is 0.447. The molecule has 1 aromatic carbocycles. The van der Waals surface area contributed by atoms with E-state index >= 15 is 0 Å². The van der Waals surface area contributed by atoms with E-state index in [-0.39, 0.29) is 12.2 Å². The molecule has 0 spiro atoms. The van der Waals surface area contributed by atoms with Crippen molar-refractivity contribution in [2.45, 2.75) is 26.3 Å². The number of carboxylic acids is 2. The van der Waals surface area contributed by atoms with Crippen molar-refractivity contribution >= 4 is 49.6 Å². The molecule has 0 aliphatic carbocycles. The summed E-state index contributed by atoms with van der Waals surface area (Å²) >= 11 is 6.75. The number of carboxylic acid groups (broad SMARTS) is 2. The molecular formula is C18H17Br2NO5. The zero-order chi connectivity index (χ0) is 19.6. The molecule has 0 bridgehead atoms. The van der Waals surface area contributed by atoms with Crippen LogP contribution in [0.15, 0.2) is 45.5 Å². The van der Waals surface area contributed by atoms with Crippen molar-refractivity contribution < 1.29 is 24.6 Å². The Kier molecular flexibility index (Phi) is 6.08. The van der Waals surface area contributed by atoms with E-state index in [0.717, 1.165) is 0 Å². The normalized spacial score (nSPS) is 12.6. The highest BCUT2D eigenvalue weighted by atomic mass is 79.9. The third-order valence-corrected chi connectivity index (χ3v) is 6.23. The van der Waals surface area contributed by atoms with Crippen LogP contribution in [0.3, 0.4) is 0 Å². The maximum atomic E-state index is 12.9. The third-order valence-electron chi connectivity index (χ3n) is 4.29. The highest BCUT2D eigenvalue weighted by Gasteiger charge is 2.43. The first-order chi connectivity index (χ1) is 12.1. The van der Waals surface area contributed by atoms with Crippen molar-refractivity contribution in [2.24, 2.45) is 5.41 Å². The van der Waals surface area contributed by atoms with Gasteiger partial charge in [-0.05, 0) is 58.2 Å². The van der Waals surface area contributed by atoms with Crippen LogP contribution < -0.4 is 0 Å². The van der Waals surface area contributed by atoms with Crippen LogP contribution in [0.2, 0.25) is 0 Å². The van der Waals surface area contributed by atoms with E-state index in [4.69, 9.17) is 0 Å². The van der Waals surface area contributed by atoms with E-state index in [0.29, 0.717) is 20.3 Å². The second-order valence-electron chi connectivity index (χ2n) is 6.23. The summed E-state index contributed by atoms with van der Waals surface area (Å²) in [6, 6.07) is 9.75. The number of benzene rings is 1. The van der Waals surface area contributed by atoms with Crippen LogP contribution in [0.5, 0.6) is 0 Å². The Bertz CT molecular complexity index is 846. The van der Waals surface area contributed by atoms with E-state index in [1.165, 1.54) is 6.92 Å². The molecule has 2 aromatic rings. The zero-order valence-electron chi connectivity index (χ0n) is 14.1. The van der Waals surface area contributed by atoms with Crippen LogP contribution in [0, 0.1) is 5.41 Å². The first-order valence-corrected chi connectivity index (χ1v) is 9.31. The van der Waals surface area contributed by atoms with Crippen molar-refractivity contribution in [1.29, 1.82) is 0 Å². The lowest BCUT2D eigenvalue weighted by molar-refractivity contribution is -0.164. The smallest absolute Gasteiger partial charge is 0.320 e. The van der Waals surface area contributed by atoms with Gasteiger partial charge >= 0.3 is 11.9 Å². The number of aromatic nitrogens is 1. The van der Waals surface area contributed by atoms with Gasteiger partial charge in [-0.1, -0.05) is 30.3 Å². The van der Waals surface area contributed by atoms with Gasteiger partial charge in [0.05, 0.1) is 14.8 Å². The van der Waals surface area contributed by atoms with Gasteiger partial charge in [-0.15, -0.1) is 0 Å². The first-order valence-electron chi connectivity index (χ1n) is 7.72. The zero-order valence-corrected chi connectivity index (χ0v) is 17.2. The van der Waals surface area contributed by atoms with Crippen molar-refractivity contribution in [3.63, 3.8) is 0 Å². The first kappa shape index (κ1) is 20.4. The number of carbonyl (C=O) groups is 3. The molecule has 2 rings (SSSR count). The molecule has 1 heterocycles. The van der Waals surface area contributed by atoms with Gasteiger partial charge in [0.1, 0.15) is 0 Å². The summed E-state index contributed by atoms with van der Waals surface area (Å²) in [7, 11) is 0. The van der Waals surface area contributed by atoms with Gasteiger partial charge < -0.3 is 14.8 Å². The van der Waals surface area contributed by atoms with Gasteiger partial charge in [-0.2, -0.15) is 0 Å². The van der Waals surface area contributed by atoms with Gasteiger partial charge in [-0.3, -0.25) is 14.4 Å². The van der Waals surface area contributed by atoms with Crippen molar-refractivity contribution in [3.05, 3.63) is 56.7 Å². The SMILES string of the molecule is CC(CC(C)(C(=O)O)C(=O)O)n1c(C(=O)c2ccccc2)cc(Br)c1Br. The van der Waals surface area contributed by atoms with Crippen molar-refractivity contribution in [3.8, 4) is 0 Å². The molecule has 0 amide bonds. The molecule has 0 saturated carbocycles. The topological polar surface area (TPSA) is 96.6 Å². The molecule has 8 heteroatoms. The van der Waals surface area contributed by atoms with Crippen molar-refractivity contribution in [2.75, 3.05) is 0 Å². The minimum Gasteiger partial charge on any atom is -0.480 e. The second kappa shape index (κ2) is 7.75. The monoisotopic (exact) mass is 485 g/mol. The van der Waals surface area contributed by atoms with Gasteiger partial charge in [0.25, 0.3) is 0 Å². The minimum atomic E-state index is -1.97.